The van der Waals surface area contributed by atoms with Crippen molar-refractivity contribution in [3.05, 3.63) is 0 Å². The summed E-state index contributed by atoms with van der Waals surface area (Å²) >= 11 is 21.4. The Morgan fingerprint density at radius 1 is 1.50 bits per heavy atom. The molecule has 0 bridgehead atoms. The highest BCUT2D eigenvalue weighted by atomic mass is 35.6. The molecule has 6 heteroatoms. The Bertz CT molecular complexity index is 132. The first-order chi connectivity index (χ1) is 4.34. The number of halogens is 4. The van der Waals surface area contributed by atoms with E-state index in [-0.39, 0.29) is 5.91 Å². The van der Waals surface area contributed by atoms with Gasteiger partial charge in [0.25, 0.3) is 0 Å². The van der Waals surface area contributed by atoms with Crippen molar-refractivity contribution in [2.24, 2.45) is 0 Å². The van der Waals surface area contributed by atoms with Crippen LogP contribution in [0.2, 0.25) is 0 Å². The lowest BCUT2D eigenvalue weighted by atomic mass is 10.6. The number of carbonyl (C=O) groups is 1. The average molecular weight is 225 g/mol. The maximum absolute atomic E-state index is 10.3. The van der Waals surface area contributed by atoms with Gasteiger partial charge in [0.1, 0.15) is 0 Å². The third kappa shape index (κ3) is 4.45. The Hall–Kier alpha value is 0.630. The normalized spacial score (nSPS) is 14.5. The van der Waals surface area contributed by atoms with Gasteiger partial charge < -0.3 is 5.32 Å². The van der Waals surface area contributed by atoms with Crippen molar-refractivity contribution in [2.75, 3.05) is 0 Å². The van der Waals surface area contributed by atoms with Crippen molar-refractivity contribution < 1.29 is 4.79 Å². The van der Waals surface area contributed by atoms with Crippen LogP contribution >= 0.6 is 46.4 Å². The molecule has 2 nitrogen and oxygen atoms in total. The van der Waals surface area contributed by atoms with E-state index in [2.05, 4.69) is 5.32 Å². The van der Waals surface area contributed by atoms with E-state index in [1.165, 1.54) is 6.92 Å². The molecular weight excluding hydrogens is 220 g/mol. The molecule has 0 aliphatic carbocycles. The molecule has 0 fully saturated rings. The molecule has 1 N–H and O–H groups in total. The number of alkyl halides is 4. The van der Waals surface area contributed by atoms with Crippen LogP contribution in [0.1, 0.15) is 6.92 Å². The summed E-state index contributed by atoms with van der Waals surface area (Å²) in [5.74, 6) is -0.341. The van der Waals surface area contributed by atoms with Crippen molar-refractivity contribution in [1.29, 1.82) is 0 Å². The molecule has 0 aliphatic heterocycles. The van der Waals surface area contributed by atoms with Crippen molar-refractivity contribution in [2.45, 2.75) is 16.2 Å². The number of amides is 1. The van der Waals surface area contributed by atoms with Gasteiger partial charge in [-0.25, -0.2) is 0 Å². The van der Waals surface area contributed by atoms with Crippen molar-refractivity contribution >= 4 is 52.3 Å². The minimum absolute atomic E-state index is 0.341. The lowest BCUT2D eigenvalue weighted by Crippen LogP contribution is -2.38. The molecule has 60 valence electrons. The molecule has 0 aromatic heterocycles. The fourth-order valence-electron chi connectivity index (χ4n) is 0.260. The second-order valence-corrected chi connectivity index (χ2v) is 4.41. The highest BCUT2D eigenvalue weighted by Gasteiger charge is 2.31. The van der Waals surface area contributed by atoms with Gasteiger partial charge in [-0.15, -0.1) is 0 Å². The van der Waals surface area contributed by atoms with E-state index in [1.807, 2.05) is 0 Å². The molecular formula is C4H5Cl4NO. The van der Waals surface area contributed by atoms with E-state index >= 15 is 0 Å². The predicted octanol–water partition coefficient (Wildman–Crippen LogP) is 2.06. The molecule has 0 heterocycles. The highest BCUT2D eigenvalue weighted by molar-refractivity contribution is 6.70. The molecule has 0 radical (unpaired) electrons. The SMILES string of the molecule is CC(=O)NC(Cl)C(Cl)(Cl)Cl. The molecule has 0 spiro atoms. The van der Waals surface area contributed by atoms with Crippen LogP contribution in [0, 0.1) is 0 Å². The van der Waals surface area contributed by atoms with Crippen molar-refractivity contribution in [1.82, 2.24) is 5.32 Å². The number of carbonyl (C=O) groups excluding carboxylic acids is 1. The minimum Gasteiger partial charge on any atom is -0.336 e. The Labute approximate surface area is 78.8 Å². The van der Waals surface area contributed by atoms with Crippen LogP contribution in [0.25, 0.3) is 0 Å². The summed E-state index contributed by atoms with van der Waals surface area (Å²) in [4.78, 5) is 10.3. The lowest BCUT2D eigenvalue weighted by Gasteiger charge is -2.17. The summed E-state index contributed by atoms with van der Waals surface area (Å²) in [5.41, 5.74) is -0.991. The van der Waals surface area contributed by atoms with Crippen LogP contribution in [0.5, 0.6) is 0 Å². The van der Waals surface area contributed by atoms with E-state index in [1.54, 1.807) is 0 Å². The highest BCUT2D eigenvalue weighted by Crippen LogP contribution is 2.32. The van der Waals surface area contributed by atoms with Gasteiger partial charge in [-0.3, -0.25) is 4.79 Å². The Balaban J connectivity index is 3.85. The second kappa shape index (κ2) is 3.86. The molecule has 1 amide bonds. The maximum atomic E-state index is 10.3. The van der Waals surface area contributed by atoms with Crippen molar-refractivity contribution in [3.63, 3.8) is 0 Å². The van der Waals surface area contributed by atoms with E-state index in [9.17, 15) is 4.79 Å². The molecule has 1 unspecified atom stereocenters. The number of hydrogen-bond donors (Lipinski definition) is 1. The fourth-order valence-corrected chi connectivity index (χ4v) is 0.578. The third-order valence-corrected chi connectivity index (χ3v) is 2.04. The number of rotatable bonds is 1. The van der Waals surface area contributed by atoms with Crippen molar-refractivity contribution in [3.8, 4) is 0 Å². The summed E-state index contributed by atoms with van der Waals surface area (Å²) < 4.78 is -1.66. The van der Waals surface area contributed by atoms with Crippen LogP contribution in [-0.2, 0) is 4.79 Å². The molecule has 0 aromatic carbocycles. The molecule has 0 aromatic rings. The third-order valence-electron chi connectivity index (χ3n) is 0.617. The number of nitrogens with one attached hydrogen (secondary N) is 1. The van der Waals surface area contributed by atoms with Gasteiger partial charge in [-0.2, -0.15) is 0 Å². The molecule has 0 aliphatic rings. The van der Waals surface area contributed by atoms with Gasteiger partial charge in [-0.1, -0.05) is 46.4 Å². The number of hydrogen-bond acceptors (Lipinski definition) is 1. The largest absolute Gasteiger partial charge is 0.336 e. The summed E-state index contributed by atoms with van der Waals surface area (Å²) in [6.07, 6.45) is 0. The van der Waals surface area contributed by atoms with Gasteiger partial charge in [0.2, 0.25) is 9.70 Å². The van der Waals surface area contributed by atoms with Gasteiger partial charge in [-0.05, 0) is 0 Å². The summed E-state index contributed by atoms with van der Waals surface area (Å²) in [7, 11) is 0. The Morgan fingerprint density at radius 3 is 2.00 bits per heavy atom. The quantitative estimate of drug-likeness (QED) is 0.536. The lowest BCUT2D eigenvalue weighted by molar-refractivity contribution is -0.119. The summed E-state index contributed by atoms with van der Waals surface area (Å²) in [6, 6.07) is 0. The van der Waals surface area contributed by atoms with Crippen LogP contribution < -0.4 is 5.32 Å². The standard InChI is InChI=1S/C4H5Cl4NO/c1-2(10)9-3(5)4(6,7)8/h3H,1H3,(H,9,10). The minimum atomic E-state index is -1.66. The molecule has 0 saturated carbocycles. The first-order valence-electron chi connectivity index (χ1n) is 2.32. The molecule has 1 atom stereocenters. The van der Waals surface area contributed by atoms with Crippen LogP contribution in [0.3, 0.4) is 0 Å². The average Bonchev–Trinajstić information content (AvgIpc) is 1.60. The first-order valence-corrected chi connectivity index (χ1v) is 3.89. The van der Waals surface area contributed by atoms with Gasteiger partial charge in [0.15, 0.2) is 5.50 Å². The zero-order chi connectivity index (χ0) is 8.36. The van der Waals surface area contributed by atoms with Gasteiger partial charge in [0.05, 0.1) is 0 Å². The van der Waals surface area contributed by atoms with Gasteiger partial charge >= 0.3 is 0 Å². The summed E-state index contributed by atoms with van der Waals surface area (Å²) in [6.45, 7) is 1.28. The van der Waals surface area contributed by atoms with E-state index in [0.717, 1.165) is 0 Å². The maximum Gasteiger partial charge on any atom is 0.224 e. The second-order valence-electron chi connectivity index (χ2n) is 1.60. The van der Waals surface area contributed by atoms with E-state index < -0.39 is 9.29 Å². The van der Waals surface area contributed by atoms with Gasteiger partial charge in [0, 0.05) is 6.92 Å². The van der Waals surface area contributed by atoms with E-state index in [4.69, 9.17) is 46.4 Å². The first kappa shape index (κ1) is 10.6. The fraction of sp³-hybridized carbons (Fsp3) is 0.750. The Kier molecular flexibility index (Phi) is 4.10. The Morgan fingerprint density at radius 2 is 1.90 bits per heavy atom. The summed E-state index contributed by atoms with van der Waals surface area (Å²) in [5, 5.41) is 2.21. The smallest absolute Gasteiger partial charge is 0.224 e. The van der Waals surface area contributed by atoms with Crippen LogP contribution in [-0.4, -0.2) is 15.2 Å². The molecule has 10 heavy (non-hydrogen) atoms. The van der Waals surface area contributed by atoms with Crippen LogP contribution in [0.4, 0.5) is 0 Å². The molecule has 0 saturated heterocycles. The monoisotopic (exact) mass is 223 g/mol. The predicted molar refractivity (Wildman–Crippen MR) is 43.7 cm³/mol. The molecule has 0 rings (SSSR count). The topological polar surface area (TPSA) is 29.1 Å². The zero-order valence-corrected chi connectivity index (χ0v) is 8.02. The van der Waals surface area contributed by atoms with Crippen LogP contribution in [0.15, 0.2) is 0 Å². The zero-order valence-electron chi connectivity index (χ0n) is 5.00. The van der Waals surface area contributed by atoms with E-state index in [0.29, 0.717) is 0 Å².